The normalized spacial score (nSPS) is 15.6. The Morgan fingerprint density at radius 2 is 1.68 bits per heavy atom. The third-order valence-corrected chi connectivity index (χ3v) is 6.33. The van der Waals surface area contributed by atoms with Crippen molar-refractivity contribution in [2.45, 2.75) is 34.3 Å². The van der Waals surface area contributed by atoms with Crippen LogP contribution in [0.25, 0.3) is 6.08 Å². The zero-order valence-corrected chi connectivity index (χ0v) is 20.7. The van der Waals surface area contributed by atoms with Gasteiger partial charge in [0.1, 0.15) is 6.61 Å². The molecule has 0 atom stereocenters. The molecule has 1 N–H and O–H groups in total. The van der Waals surface area contributed by atoms with Gasteiger partial charge in [-0.1, -0.05) is 42.0 Å². The first-order chi connectivity index (χ1) is 16.4. The number of ether oxygens (including phenoxy) is 2. The molecular weight excluding hydrogens is 444 g/mol. The van der Waals surface area contributed by atoms with Crippen molar-refractivity contribution >= 4 is 34.6 Å². The van der Waals surface area contributed by atoms with Gasteiger partial charge in [0.15, 0.2) is 16.7 Å². The topological polar surface area (TPSA) is 59.9 Å². The summed E-state index contributed by atoms with van der Waals surface area (Å²) in [6, 6.07) is 19.6. The van der Waals surface area contributed by atoms with Crippen LogP contribution in [0.15, 0.2) is 70.6 Å². The van der Waals surface area contributed by atoms with E-state index in [-0.39, 0.29) is 5.91 Å². The van der Waals surface area contributed by atoms with Crippen LogP contribution in [0.2, 0.25) is 0 Å². The highest BCUT2D eigenvalue weighted by molar-refractivity contribution is 8.18. The second-order valence-corrected chi connectivity index (χ2v) is 9.15. The number of benzene rings is 3. The Morgan fingerprint density at radius 3 is 2.38 bits per heavy atom. The Labute approximate surface area is 204 Å². The largest absolute Gasteiger partial charge is 0.490 e. The molecule has 0 bridgehead atoms. The number of nitrogens with zero attached hydrogens (tertiary/aromatic N) is 1. The number of nitrogens with one attached hydrogen (secondary N) is 1. The minimum atomic E-state index is -0.164. The third kappa shape index (κ3) is 5.69. The fraction of sp³-hybridized carbons (Fsp3) is 0.214. The lowest BCUT2D eigenvalue weighted by Gasteiger charge is -2.15. The number of amidine groups is 1. The van der Waals surface area contributed by atoms with Crippen molar-refractivity contribution in [3.8, 4) is 11.5 Å². The Morgan fingerprint density at radius 1 is 0.941 bits per heavy atom. The summed E-state index contributed by atoms with van der Waals surface area (Å²) in [4.78, 5) is 17.5. The standard InChI is InChI=1S/C28H28N2O3S/c1-5-32-25-15-21(11-12-24(25)33-17-23-19(3)13-18(2)14-20(23)4)16-26-27(31)30-28(34-26)29-22-9-7-6-8-10-22/h6-16H,5,17H2,1-4H3,(H,29,30,31)/b26-16-. The van der Waals surface area contributed by atoms with Crippen LogP contribution in [0.5, 0.6) is 11.5 Å². The molecule has 1 heterocycles. The Kier molecular flexibility index (Phi) is 7.38. The van der Waals surface area contributed by atoms with Crippen molar-refractivity contribution in [1.29, 1.82) is 0 Å². The monoisotopic (exact) mass is 472 g/mol. The van der Waals surface area contributed by atoms with E-state index in [0.29, 0.717) is 34.8 Å². The summed E-state index contributed by atoms with van der Waals surface area (Å²) in [5.74, 6) is 1.17. The van der Waals surface area contributed by atoms with E-state index in [0.717, 1.165) is 11.3 Å². The molecule has 34 heavy (non-hydrogen) atoms. The maximum absolute atomic E-state index is 12.5. The van der Waals surface area contributed by atoms with Crippen LogP contribution in [-0.2, 0) is 11.4 Å². The molecule has 5 nitrogen and oxygen atoms in total. The highest BCUT2D eigenvalue weighted by Gasteiger charge is 2.24. The van der Waals surface area contributed by atoms with Gasteiger partial charge in [0.05, 0.1) is 17.2 Å². The van der Waals surface area contributed by atoms with Crippen molar-refractivity contribution in [1.82, 2.24) is 5.32 Å². The second kappa shape index (κ2) is 10.6. The molecule has 3 aromatic rings. The van der Waals surface area contributed by atoms with Crippen LogP contribution in [0.3, 0.4) is 0 Å². The van der Waals surface area contributed by atoms with Gasteiger partial charge in [-0.2, -0.15) is 0 Å². The van der Waals surface area contributed by atoms with Crippen molar-refractivity contribution in [3.63, 3.8) is 0 Å². The average molecular weight is 473 g/mol. The second-order valence-electron chi connectivity index (χ2n) is 8.12. The fourth-order valence-corrected chi connectivity index (χ4v) is 4.68. The van der Waals surface area contributed by atoms with Gasteiger partial charge >= 0.3 is 0 Å². The van der Waals surface area contributed by atoms with E-state index in [4.69, 9.17) is 9.47 Å². The molecule has 0 saturated carbocycles. The molecule has 0 spiro atoms. The van der Waals surface area contributed by atoms with Gasteiger partial charge < -0.3 is 14.8 Å². The minimum Gasteiger partial charge on any atom is -0.490 e. The molecule has 0 radical (unpaired) electrons. The Balaban J connectivity index is 1.53. The maximum atomic E-state index is 12.5. The molecule has 1 fully saturated rings. The van der Waals surface area contributed by atoms with Crippen molar-refractivity contribution in [2.75, 3.05) is 6.61 Å². The zero-order chi connectivity index (χ0) is 24.1. The first kappa shape index (κ1) is 23.6. The van der Waals surface area contributed by atoms with Crippen LogP contribution in [0.1, 0.15) is 34.7 Å². The summed E-state index contributed by atoms with van der Waals surface area (Å²) >= 11 is 1.32. The smallest absolute Gasteiger partial charge is 0.264 e. The van der Waals surface area contributed by atoms with Gasteiger partial charge in [0.25, 0.3) is 5.91 Å². The van der Waals surface area contributed by atoms with Crippen LogP contribution >= 0.6 is 11.8 Å². The SMILES string of the molecule is CCOc1cc(/C=C2\SC(=Nc3ccccc3)NC2=O)ccc1OCc1c(C)cc(C)cc1C. The highest BCUT2D eigenvalue weighted by atomic mass is 32.2. The van der Waals surface area contributed by atoms with Crippen molar-refractivity contribution in [2.24, 2.45) is 4.99 Å². The number of rotatable bonds is 7. The number of hydrogen-bond acceptors (Lipinski definition) is 5. The van der Waals surface area contributed by atoms with Gasteiger partial charge in [-0.3, -0.25) is 4.79 Å². The molecule has 1 saturated heterocycles. The molecule has 1 amide bonds. The number of carbonyl (C=O) groups is 1. The van der Waals surface area contributed by atoms with E-state index in [2.05, 4.69) is 43.2 Å². The molecule has 1 aliphatic heterocycles. The van der Waals surface area contributed by atoms with Crippen LogP contribution in [0, 0.1) is 20.8 Å². The predicted octanol–water partition coefficient (Wildman–Crippen LogP) is 6.48. The summed E-state index contributed by atoms with van der Waals surface area (Å²) < 4.78 is 12.0. The van der Waals surface area contributed by atoms with Gasteiger partial charge in [0.2, 0.25) is 0 Å². The molecule has 1 aliphatic rings. The minimum absolute atomic E-state index is 0.164. The maximum Gasteiger partial charge on any atom is 0.264 e. The number of aryl methyl sites for hydroxylation is 3. The summed E-state index contributed by atoms with van der Waals surface area (Å²) in [5.41, 5.74) is 6.52. The van der Waals surface area contributed by atoms with E-state index in [1.807, 2.05) is 61.5 Å². The van der Waals surface area contributed by atoms with Gasteiger partial charge in [-0.15, -0.1) is 0 Å². The Bertz CT molecular complexity index is 1240. The summed E-state index contributed by atoms with van der Waals surface area (Å²) in [7, 11) is 0. The van der Waals surface area contributed by atoms with Gasteiger partial charge in [0, 0.05) is 0 Å². The quantitative estimate of drug-likeness (QED) is 0.400. The average Bonchev–Trinajstić information content (AvgIpc) is 3.13. The van der Waals surface area contributed by atoms with Gasteiger partial charge in [-0.25, -0.2) is 4.99 Å². The number of thioether (sulfide) groups is 1. The first-order valence-electron chi connectivity index (χ1n) is 11.2. The molecule has 3 aromatic carbocycles. The number of amides is 1. The molecule has 4 rings (SSSR count). The van der Waals surface area contributed by atoms with Crippen molar-refractivity contribution in [3.05, 3.63) is 93.4 Å². The lowest BCUT2D eigenvalue weighted by molar-refractivity contribution is -0.115. The molecule has 174 valence electrons. The number of aliphatic imine (C=N–C) groups is 1. The summed E-state index contributed by atoms with van der Waals surface area (Å²) in [6.07, 6.45) is 1.84. The molecule has 0 aliphatic carbocycles. The molecule has 0 aromatic heterocycles. The lowest BCUT2D eigenvalue weighted by Crippen LogP contribution is -2.19. The van der Waals surface area contributed by atoms with Gasteiger partial charge in [-0.05, 0) is 92.1 Å². The van der Waals surface area contributed by atoms with E-state index in [9.17, 15) is 4.79 Å². The van der Waals surface area contributed by atoms with E-state index >= 15 is 0 Å². The van der Waals surface area contributed by atoms with Crippen molar-refractivity contribution < 1.29 is 14.3 Å². The molecular formula is C28H28N2O3S. The van der Waals surface area contributed by atoms with E-state index in [1.54, 1.807) is 0 Å². The zero-order valence-electron chi connectivity index (χ0n) is 19.8. The number of para-hydroxylation sites is 1. The number of hydrogen-bond donors (Lipinski definition) is 1. The predicted molar refractivity (Wildman–Crippen MR) is 140 cm³/mol. The van der Waals surface area contributed by atoms with Crippen LogP contribution < -0.4 is 14.8 Å². The number of carbonyl (C=O) groups excluding carboxylic acids is 1. The molecule has 0 unspecified atom stereocenters. The lowest BCUT2D eigenvalue weighted by atomic mass is 10.0. The van der Waals surface area contributed by atoms with Crippen LogP contribution in [0.4, 0.5) is 5.69 Å². The highest BCUT2D eigenvalue weighted by Crippen LogP contribution is 2.33. The van der Waals surface area contributed by atoms with E-state index in [1.165, 1.54) is 34.0 Å². The first-order valence-corrected chi connectivity index (χ1v) is 12.1. The Hall–Kier alpha value is -3.51. The fourth-order valence-electron chi connectivity index (χ4n) is 3.84. The third-order valence-electron chi connectivity index (χ3n) is 5.42. The van der Waals surface area contributed by atoms with E-state index < -0.39 is 0 Å². The summed E-state index contributed by atoms with van der Waals surface area (Å²) in [6.45, 7) is 9.24. The molecule has 6 heteroatoms. The van der Waals surface area contributed by atoms with Crippen LogP contribution in [-0.4, -0.2) is 17.7 Å². The summed E-state index contributed by atoms with van der Waals surface area (Å²) in [5, 5.41) is 3.39.